The van der Waals surface area contributed by atoms with Crippen LogP contribution in [0.4, 0.5) is 5.13 Å². The minimum absolute atomic E-state index is 0.303. The molecule has 1 heterocycles. The van der Waals surface area contributed by atoms with Crippen LogP contribution in [0.25, 0.3) is 10.2 Å². The molecule has 0 unspecified atom stereocenters. The molecule has 3 aromatic rings. The molecule has 0 fully saturated rings. The van der Waals surface area contributed by atoms with Gasteiger partial charge in [0.15, 0.2) is 22.7 Å². The summed E-state index contributed by atoms with van der Waals surface area (Å²) in [6.45, 7) is 1.66. The quantitative estimate of drug-likeness (QED) is 0.674. The van der Waals surface area contributed by atoms with Gasteiger partial charge in [0, 0.05) is 17.2 Å². The first-order valence-corrected chi connectivity index (χ1v) is 8.95. The Bertz CT molecular complexity index is 903. The van der Waals surface area contributed by atoms with Crippen LogP contribution in [0.5, 0.6) is 17.2 Å². The molecule has 0 aliphatic carbocycles. The van der Waals surface area contributed by atoms with Crippen molar-refractivity contribution in [3.05, 3.63) is 41.4 Å². The van der Waals surface area contributed by atoms with E-state index in [4.69, 9.17) is 25.8 Å². The number of carbonyl (C=O) groups is 1. The van der Waals surface area contributed by atoms with Crippen molar-refractivity contribution in [3.8, 4) is 17.2 Å². The first kappa shape index (κ1) is 18.3. The average Bonchev–Trinajstić information content (AvgIpc) is 3.01. The molecule has 8 heteroatoms. The smallest absolute Gasteiger partial charge is 0.266 e. The van der Waals surface area contributed by atoms with Crippen molar-refractivity contribution in [2.45, 2.75) is 13.0 Å². The normalized spacial score (nSPS) is 11.8. The Balaban J connectivity index is 1.74. The number of fused-ring (bicyclic) bond motifs is 1. The molecule has 0 radical (unpaired) electrons. The van der Waals surface area contributed by atoms with Gasteiger partial charge in [-0.2, -0.15) is 0 Å². The van der Waals surface area contributed by atoms with Gasteiger partial charge in [-0.1, -0.05) is 29.0 Å². The number of halogens is 1. The van der Waals surface area contributed by atoms with Gasteiger partial charge in [-0.25, -0.2) is 4.98 Å². The second-order valence-electron chi connectivity index (χ2n) is 5.40. The van der Waals surface area contributed by atoms with E-state index < -0.39 is 6.10 Å². The van der Waals surface area contributed by atoms with Crippen molar-refractivity contribution in [1.82, 2.24) is 4.98 Å². The predicted molar refractivity (Wildman–Crippen MR) is 103 cm³/mol. The van der Waals surface area contributed by atoms with E-state index >= 15 is 0 Å². The molecule has 0 bridgehead atoms. The molecule has 26 heavy (non-hydrogen) atoms. The summed E-state index contributed by atoms with van der Waals surface area (Å²) in [6.07, 6.45) is -0.704. The number of anilines is 1. The second kappa shape index (κ2) is 7.80. The number of rotatable bonds is 6. The molecule has 0 saturated heterocycles. The maximum absolute atomic E-state index is 12.4. The van der Waals surface area contributed by atoms with Gasteiger partial charge in [0.1, 0.15) is 5.75 Å². The van der Waals surface area contributed by atoms with Gasteiger partial charge in [-0.3, -0.25) is 10.1 Å². The van der Waals surface area contributed by atoms with Gasteiger partial charge in [0.2, 0.25) is 0 Å². The summed E-state index contributed by atoms with van der Waals surface area (Å²) in [5.41, 5.74) is 0.714. The van der Waals surface area contributed by atoms with Gasteiger partial charge in [0.25, 0.3) is 5.91 Å². The number of benzene rings is 2. The van der Waals surface area contributed by atoms with Crippen LogP contribution in [0, 0.1) is 0 Å². The van der Waals surface area contributed by atoms with E-state index in [1.807, 2.05) is 6.07 Å². The molecule has 136 valence electrons. The number of hydrogen-bond donors (Lipinski definition) is 1. The molecule has 0 aliphatic heterocycles. The van der Waals surface area contributed by atoms with Crippen molar-refractivity contribution in [2.24, 2.45) is 0 Å². The third kappa shape index (κ3) is 4.00. The second-order valence-corrected chi connectivity index (χ2v) is 6.87. The maximum Gasteiger partial charge on any atom is 0.266 e. The standard InChI is InChI=1S/C18H17ClN2O4S/c1-10(25-12-6-4-5-11(19)7-12)17(22)21-18-20-13-8-14(23-2)15(24-3)9-16(13)26-18/h4-10H,1-3H3,(H,20,21,22)/t10-/m0/s1. The summed E-state index contributed by atoms with van der Waals surface area (Å²) in [4.78, 5) is 16.8. The summed E-state index contributed by atoms with van der Waals surface area (Å²) >= 11 is 7.27. The van der Waals surface area contributed by atoms with E-state index in [0.29, 0.717) is 32.9 Å². The lowest BCUT2D eigenvalue weighted by atomic mass is 10.3. The molecule has 1 atom stereocenters. The number of carbonyl (C=O) groups excluding carboxylic acids is 1. The van der Waals surface area contributed by atoms with Gasteiger partial charge in [0.05, 0.1) is 24.4 Å². The van der Waals surface area contributed by atoms with Gasteiger partial charge in [-0.15, -0.1) is 0 Å². The summed E-state index contributed by atoms with van der Waals surface area (Å²) in [5, 5.41) is 3.79. The average molecular weight is 393 g/mol. The van der Waals surface area contributed by atoms with Gasteiger partial charge in [-0.05, 0) is 25.1 Å². The van der Waals surface area contributed by atoms with E-state index in [9.17, 15) is 4.79 Å². The molecule has 1 aromatic heterocycles. The Morgan fingerprint density at radius 3 is 2.62 bits per heavy atom. The largest absolute Gasteiger partial charge is 0.493 e. The molecular weight excluding hydrogens is 376 g/mol. The molecule has 0 aliphatic rings. The van der Waals surface area contributed by atoms with Crippen LogP contribution in [0.15, 0.2) is 36.4 Å². The van der Waals surface area contributed by atoms with Crippen molar-refractivity contribution >= 4 is 44.2 Å². The zero-order chi connectivity index (χ0) is 18.7. The Morgan fingerprint density at radius 1 is 1.19 bits per heavy atom. The first-order valence-electron chi connectivity index (χ1n) is 7.76. The maximum atomic E-state index is 12.4. The Hall–Kier alpha value is -2.51. The molecule has 3 rings (SSSR count). The van der Waals surface area contributed by atoms with E-state index in [1.165, 1.54) is 11.3 Å². The fourth-order valence-corrected chi connectivity index (χ4v) is 3.37. The Morgan fingerprint density at radius 2 is 1.92 bits per heavy atom. The third-order valence-corrected chi connectivity index (χ3v) is 4.77. The van der Waals surface area contributed by atoms with E-state index in [-0.39, 0.29) is 5.91 Å². The molecular formula is C18H17ClN2O4S. The number of aromatic nitrogens is 1. The zero-order valence-electron chi connectivity index (χ0n) is 14.4. The summed E-state index contributed by atoms with van der Waals surface area (Å²) in [5.74, 6) is 1.42. The SMILES string of the molecule is COc1cc2nc(NC(=O)[C@H](C)Oc3cccc(Cl)c3)sc2cc1OC. The highest BCUT2D eigenvalue weighted by Crippen LogP contribution is 2.36. The minimum atomic E-state index is -0.704. The van der Waals surface area contributed by atoms with Gasteiger partial charge < -0.3 is 14.2 Å². The fourth-order valence-electron chi connectivity index (χ4n) is 2.31. The van der Waals surface area contributed by atoms with Crippen molar-refractivity contribution in [3.63, 3.8) is 0 Å². The van der Waals surface area contributed by atoms with Crippen molar-refractivity contribution in [2.75, 3.05) is 19.5 Å². The predicted octanol–water partition coefficient (Wildman–Crippen LogP) is 4.37. The van der Waals surface area contributed by atoms with E-state index in [1.54, 1.807) is 51.5 Å². The fraction of sp³-hybridized carbons (Fsp3) is 0.222. The number of thiazole rings is 1. The number of nitrogens with one attached hydrogen (secondary N) is 1. The minimum Gasteiger partial charge on any atom is -0.493 e. The lowest BCUT2D eigenvalue weighted by Crippen LogP contribution is -2.30. The van der Waals surface area contributed by atoms with Crippen molar-refractivity contribution in [1.29, 1.82) is 0 Å². The van der Waals surface area contributed by atoms with Crippen LogP contribution in [0.2, 0.25) is 5.02 Å². The Labute approximate surface area is 159 Å². The molecule has 0 saturated carbocycles. The monoisotopic (exact) mass is 392 g/mol. The summed E-state index contributed by atoms with van der Waals surface area (Å²) in [7, 11) is 3.13. The van der Waals surface area contributed by atoms with Crippen molar-refractivity contribution < 1.29 is 19.0 Å². The highest BCUT2D eigenvalue weighted by atomic mass is 35.5. The van der Waals surface area contributed by atoms with Crippen LogP contribution < -0.4 is 19.5 Å². The number of methoxy groups -OCH3 is 2. The lowest BCUT2D eigenvalue weighted by Gasteiger charge is -2.13. The summed E-state index contributed by atoms with van der Waals surface area (Å²) < 4.78 is 17.0. The van der Waals surface area contributed by atoms with E-state index in [2.05, 4.69) is 10.3 Å². The Kier molecular flexibility index (Phi) is 5.49. The number of amides is 1. The highest BCUT2D eigenvalue weighted by Gasteiger charge is 2.18. The van der Waals surface area contributed by atoms with Crippen LogP contribution in [0.1, 0.15) is 6.92 Å². The topological polar surface area (TPSA) is 69.7 Å². The van der Waals surface area contributed by atoms with Crippen LogP contribution >= 0.6 is 22.9 Å². The molecule has 6 nitrogen and oxygen atoms in total. The van der Waals surface area contributed by atoms with Crippen LogP contribution in [-0.2, 0) is 4.79 Å². The first-order chi connectivity index (χ1) is 12.5. The number of hydrogen-bond acceptors (Lipinski definition) is 6. The molecule has 1 amide bonds. The molecule has 2 aromatic carbocycles. The third-order valence-electron chi connectivity index (χ3n) is 3.60. The zero-order valence-corrected chi connectivity index (χ0v) is 16.0. The van der Waals surface area contributed by atoms with Crippen LogP contribution in [-0.4, -0.2) is 31.2 Å². The molecule has 0 spiro atoms. The van der Waals surface area contributed by atoms with Crippen LogP contribution in [0.3, 0.4) is 0 Å². The lowest BCUT2D eigenvalue weighted by molar-refractivity contribution is -0.122. The number of nitrogens with zero attached hydrogens (tertiary/aromatic N) is 1. The number of ether oxygens (including phenoxy) is 3. The molecule has 1 N–H and O–H groups in total. The van der Waals surface area contributed by atoms with Gasteiger partial charge >= 0.3 is 0 Å². The highest BCUT2D eigenvalue weighted by molar-refractivity contribution is 7.22. The van der Waals surface area contributed by atoms with E-state index in [0.717, 1.165) is 4.70 Å². The summed E-state index contributed by atoms with van der Waals surface area (Å²) in [6, 6.07) is 10.5.